The average molecular weight is 299 g/mol. The smallest absolute Gasteiger partial charge is 0.337 e. The highest BCUT2D eigenvalue weighted by Gasteiger charge is 2.32. The van der Waals surface area contributed by atoms with E-state index in [-0.39, 0.29) is 5.97 Å². The standard InChI is InChI=1S/C17H21N3O2/c1-22-17(21)12-4-5-14-15(10-12)20(13-6-8-18-9-7-13)16(19-14)11-2-3-11/h4-5,10-11,13,18H,2-3,6-9H2,1H3. The number of piperidine rings is 1. The summed E-state index contributed by atoms with van der Waals surface area (Å²) in [7, 11) is 1.42. The van der Waals surface area contributed by atoms with Crippen LogP contribution in [0.5, 0.6) is 0 Å². The van der Waals surface area contributed by atoms with E-state index < -0.39 is 0 Å². The van der Waals surface area contributed by atoms with Gasteiger partial charge in [-0.1, -0.05) is 0 Å². The van der Waals surface area contributed by atoms with Crippen LogP contribution in [0.2, 0.25) is 0 Å². The van der Waals surface area contributed by atoms with E-state index >= 15 is 0 Å². The van der Waals surface area contributed by atoms with Crippen molar-refractivity contribution in [3.05, 3.63) is 29.6 Å². The number of rotatable bonds is 3. The first-order valence-corrected chi connectivity index (χ1v) is 8.09. The molecular formula is C17H21N3O2. The van der Waals surface area contributed by atoms with Crippen molar-refractivity contribution in [2.45, 2.75) is 37.6 Å². The second-order valence-electron chi connectivity index (χ2n) is 6.29. The molecule has 0 bridgehead atoms. The summed E-state index contributed by atoms with van der Waals surface area (Å²) in [4.78, 5) is 16.7. The van der Waals surface area contributed by atoms with Gasteiger partial charge in [-0.2, -0.15) is 0 Å². The lowest BCUT2D eigenvalue weighted by atomic mass is 10.1. The molecule has 4 rings (SSSR count). The third kappa shape index (κ3) is 2.29. The number of aromatic nitrogens is 2. The Bertz CT molecular complexity index is 712. The van der Waals surface area contributed by atoms with Crippen molar-refractivity contribution in [2.24, 2.45) is 0 Å². The zero-order chi connectivity index (χ0) is 15.1. The summed E-state index contributed by atoms with van der Waals surface area (Å²) in [6.45, 7) is 2.09. The third-order valence-electron chi connectivity index (χ3n) is 4.75. The topological polar surface area (TPSA) is 56.1 Å². The largest absolute Gasteiger partial charge is 0.465 e. The number of benzene rings is 1. The number of imidazole rings is 1. The Morgan fingerprint density at radius 3 is 2.73 bits per heavy atom. The number of esters is 1. The zero-order valence-electron chi connectivity index (χ0n) is 12.8. The second-order valence-corrected chi connectivity index (χ2v) is 6.29. The molecule has 1 aliphatic heterocycles. The first-order valence-electron chi connectivity index (χ1n) is 8.09. The monoisotopic (exact) mass is 299 g/mol. The van der Waals surface area contributed by atoms with Crippen molar-refractivity contribution in [3.8, 4) is 0 Å². The van der Waals surface area contributed by atoms with Crippen LogP contribution >= 0.6 is 0 Å². The van der Waals surface area contributed by atoms with Crippen LogP contribution in [0.25, 0.3) is 11.0 Å². The Morgan fingerprint density at radius 2 is 2.05 bits per heavy atom. The summed E-state index contributed by atoms with van der Waals surface area (Å²) in [5.41, 5.74) is 2.68. The van der Waals surface area contributed by atoms with Crippen molar-refractivity contribution in [1.29, 1.82) is 0 Å². The first kappa shape index (κ1) is 13.8. The number of nitrogens with one attached hydrogen (secondary N) is 1. The molecule has 0 atom stereocenters. The molecule has 1 aliphatic carbocycles. The molecule has 22 heavy (non-hydrogen) atoms. The summed E-state index contributed by atoms with van der Waals surface area (Å²) in [5.74, 6) is 1.53. The van der Waals surface area contributed by atoms with Gasteiger partial charge in [-0.15, -0.1) is 0 Å². The van der Waals surface area contributed by atoms with Crippen molar-refractivity contribution in [2.75, 3.05) is 20.2 Å². The zero-order valence-corrected chi connectivity index (χ0v) is 12.8. The lowest BCUT2D eigenvalue weighted by Gasteiger charge is -2.26. The van der Waals surface area contributed by atoms with Gasteiger partial charge in [-0.3, -0.25) is 0 Å². The first-order chi connectivity index (χ1) is 10.8. The average Bonchev–Trinajstić information content (AvgIpc) is 3.35. The summed E-state index contributed by atoms with van der Waals surface area (Å²) < 4.78 is 7.26. The van der Waals surface area contributed by atoms with Crippen molar-refractivity contribution < 1.29 is 9.53 Å². The highest BCUT2D eigenvalue weighted by atomic mass is 16.5. The third-order valence-corrected chi connectivity index (χ3v) is 4.75. The van der Waals surface area contributed by atoms with E-state index in [4.69, 9.17) is 9.72 Å². The van der Waals surface area contributed by atoms with Gasteiger partial charge in [0, 0.05) is 12.0 Å². The fourth-order valence-corrected chi connectivity index (χ4v) is 3.43. The molecule has 1 N–H and O–H groups in total. The van der Waals surface area contributed by atoms with E-state index in [1.165, 1.54) is 25.8 Å². The number of hydrogen-bond donors (Lipinski definition) is 1. The number of fused-ring (bicyclic) bond motifs is 1. The Labute approximate surface area is 129 Å². The minimum atomic E-state index is -0.284. The van der Waals surface area contributed by atoms with Crippen LogP contribution in [0.1, 0.15) is 53.8 Å². The number of nitrogens with zero attached hydrogens (tertiary/aromatic N) is 2. The van der Waals surface area contributed by atoms with Gasteiger partial charge in [0.2, 0.25) is 0 Å². The summed E-state index contributed by atoms with van der Waals surface area (Å²) >= 11 is 0. The van der Waals surface area contributed by atoms with Crippen molar-refractivity contribution in [1.82, 2.24) is 14.9 Å². The van der Waals surface area contributed by atoms with Gasteiger partial charge in [0.25, 0.3) is 0 Å². The molecular weight excluding hydrogens is 278 g/mol. The van der Waals surface area contributed by atoms with Gasteiger partial charge in [0.15, 0.2) is 0 Å². The molecule has 5 nitrogen and oxygen atoms in total. The fraction of sp³-hybridized carbons (Fsp3) is 0.529. The molecule has 2 heterocycles. The molecule has 1 aromatic carbocycles. The summed E-state index contributed by atoms with van der Waals surface area (Å²) in [6, 6.07) is 6.19. The molecule has 1 saturated carbocycles. The molecule has 0 amide bonds. The number of methoxy groups -OCH3 is 1. The fourth-order valence-electron chi connectivity index (χ4n) is 3.43. The molecule has 1 saturated heterocycles. The minimum absolute atomic E-state index is 0.284. The van der Waals surface area contributed by atoms with Crippen LogP contribution in [0.3, 0.4) is 0 Å². The molecule has 1 aromatic heterocycles. The maximum absolute atomic E-state index is 11.8. The molecule has 2 aromatic rings. The maximum atomic E-state index is 11.8. The van der Waals surface area contributed by atoms with Gasteiger partial charge >= 0.3 is 5.97 Å². The lowest BCUT2D eigenvalue weighted by molar-refractivity contribution is 0.0601. The molecule has 2 aliphatic rings. The van der Waals surface area contributed by atoms with E-state index in [9.17, 15) is 4.79 Å². The number of carbonyl (C=O) groups is 1. The Morgan fingerprint density at radius 1 is 1.27 bits per heavy atom. The number of ether oxygens (including phenoxy) is 1. The molecule has 0 radical (unpaired) electrons. The van der Waals surface area contributed by atoms with Crippen LogP contribution in [-0.2, 0) is 4.74 Å². The molecule has 0 spiro atoms. The SMILES string of the molecule is COC(=O)c1ccc2nc(C3CC3)n(C3CCNCC3)c2c1. The maximum Gasteiger partial charge on any atom is 0.337 e. The molecule has 0 unspecified atom stereocenters. The highest BCUT2D eigenvalue weighted by Crippen LogP contribution is 2.42. The molecule has 5 heteroatoms. The quantitative estimate of drug-likeness (QED) is 0.885. The predicted octanol–water partition coefficient (Wildman–Crippen LogP) is 2.62. The van der Waals surface area contributed by atoms with Crippen LogP contribution in [-0.4, -0.2) is 35.7 Å². The van der Waals surface area contributed by atoms with Crippen LogP contribution in [0.4, 0.5) is 0 Å². The summed E-state index contributed by atoms with van der Waals surface area (Å²) in [5, 5.41) is 3.42. The van der Waals surface area contributed by atoms with E-state index in [2.05, 4.69) is 9.88 Å². The lowest BCUT2D eigenvalue weighted by Crippen LogP contribution is -2.30. The molecule has 116 valence electrons. The number of hydrogen-bond acceptors (Lipinski definition) is 4. The normalized spacial score (nSPS) is 19.5. The van der Waals surface area contributed by atoms with E-state index in [1.807, 2.05) is 18.2 Å². The second kappa shape index (κ2) is 5.39. The highest BCUT2D eigenvalue weighted by molar-refractivity contribution is 5.93. The Balaban J connectivity index is 1.85. The Kier molecular flexibility index (Phi) is 3.37. The Hall–Kier alpha value is -1.88. The van der Waals surface area contributed by atoms with Gasteiger partial charge in [-0.05, 0) is 57.0 Å². The van der Waals surface area contributed by atoms with Crippen LogP contribution in [0, 0.1) is 0 Å². The van der Waals surface area contributed by atoms with Gasteiger partial charge < -0.3 is 14.6 Å². The van der Waals surface area contributed by atoms with Gasteiger partial charge in [0.1, 0.15) is 5.82 Å². The van der Waals surface area contributed by atoms with Crippen molar-refractivity contribution in [3.63, 3.8) is 0 Å². The number of carbonyl (C=O) groups excluding carboxylic acids is 1. The summed E-state index contributed by atoms with van der Waals surface area (Å²) in [6.07, 6.45) is 4.71. The van der Waals surface area contributed by atoms with E-state index in [1.54, 1.807) is 0 Å². The van der Waals surface area contributed by atoms with Gasteiger partial charge in [0.05, 0.1) is 23.7 Å². The van der Waals surface area contributed by atoms with E-state index in [0.29, 0.717) is 17.5 Å². The van der Waals surface area contributed by atoms with E-state index in [0.717, 1.165) is 37.0 Å². The van der Waals surface area contributed by atoms with Crippen molar-refractivity contribution >= 4 is 17.0 Å². The minimum Gasteiger partial charge on any atom is -0.465 e. The predicted molar refractivity (Wildman–Crippen MR) is 84.2 cm³/mol. The van der Waals surface area contributed by atoms with Crippen LogP contribution in [0.15, 0.2) is 18.2 Å². The van der Waals surface area contributed by atoms with Gasteiger partial charge in [-0.25, -0.2) is 9.78 Å². The molecule has 2 fully saturated rings. The van der Waals surface area contributed by atoms with Crippen LogP contribution < -0.4 is 5.32 Å².